The van der Waals surface area contributed by atoms with Crippen molar-refractivity contribution in [1.82, 2.24) is 15.1 Å². The number of rotatable bonds is 5. The fourth-order valence-corrected chi connectivity index (χ4v) is 3.35. The molecule has 2 saturated heterocycles. The van der Waals surface area contributed by atoms with E-state index in [1.54, 1.807) is 0 Å². The van der Waals surface area contributed by atoms with Crippen molar-refractivity contribution in [2.45, 2.75) is 18.9 Å². The van der Waals surface area contributed by atoms with Crippen LogP contribution in [0.25, 0.3) is 0 Å². The zero-order chi connectivity index (χ0) is 17.6. The van der Waals surface area contributed by atoms with Gasteiger partial charge in [0.05, 0.1) is 13.2 Å². The van der Waals surface area contributed by atoms with Gasteiger partial charge in [-0.1, -0.05) is 0 Å². The van der Waals surface area contributed by atoms with Crippen molar-refractivity contribution in [2.75, 3.05) is 45.9 Å². The second-order valence-corrected chi connectivity index (χ2v) is 6.44. The van der Waals surface area contributed by atoms with Crippen molar-refractivity contribution in [2.24, 2.45) is 0 Å². The molecule has 2 heterocycles. The van der Waals surface area contributed by atoms with Crippen LogP contribution in [-0.2, 0) is 9.53 Å². The molecule has 1 aromatic carbocycles. The van der Waals surface area contributed by atoms with E-state index in [0.29, 0.717) is 11.6 Å². The van der Waals surface area contributed by atoms with Crippen molar-refractivity contribution in [3.05, 3.63) is 35.6 Å². The number of likely N-dealkylation sites (tertiary alicyclic amines) is 1. The first-order valence-electron chi connectivity index (χ1n) is 8.77. The molecule has 0 aliphatic carbocycles. The Morgan fingerprint density at radius 2 is 1.88 bits per heavy atom. The largest absolute Gasteiger partial charge is 0.379 e. The van der Waals surface area contributed by atoms with E-state index >= 15 is 0 Å². The molecule has 2 fully saturated rings. The first kappa shape index (κ1) is 17.8. The van der Waals surface area contributed by atoms with Crippen LogP contribution in [-0.4, -0.2) is 73.6 Å². The summed E-state index contributed by atoms with van der Waals surface area (Å²) in [7, 11) is 0. The average molecular weight is 349 g/mol. The molecule has 136 valence electrons. The number of amides is 2. The first-order valence-corrected chi connectivity index (χ1v) is 8.77. The standard InChI is InChI=1S/C18H24FN3O3/c19-15-3-1-14(2-4-15)18(24)20-7-5-17(23)22-8-6-16(13-22)21-9-11-25-12-10-21/h1-4,16H,5-13H2,(H,20,24). The summed E-state index contributed by atoms with van der Waals surface area (Å²) in [6.07, 6.45) is 1.27. The quantitative estimate of drug-likeness (QED) is 0.857. The topological polar surface area (TPSA) is 61.9 Å². The third kappa shape index (κ3) is 4.76. The maximum absolute atomic E-state index is 12.9. The van der Waals surface area contributed by atoms with Gasteiger partial charge >= 0.3 is 0 Å². The van der Waals surface area contributed by atoms with Gasteiger partial charge in [0.1, 0.15) is 5.82 Å². The third-order valence-corrected chi connectivity index (χ3v) is 4.81. The van der Waals surface area contributed by atoms with Crippen LogP contribution in [0.2, 0.25) is 0 Å². The molecule has 0 radical (unpaired) electrons. The highest BCUT2D eigenvalue weighted by Crippen LogP contribution is 2.17. The number of benzene rings is 1. The molecule has 7 heteroatoms. The van der Waals surface area contributed by atoms with E-state index in [4.69, 9.17) is 4.74 Å². The maximum atomic E-state index is 12.9. The van der Waals surface area contributed by atoms with E-state index in [-0.39, 0.29) is 30.6 Å². The molecule has 2 aliphatic rings. The summed E-state index contributed by atoms with van der Waals surface area (Å²) in [6, 6.07) is 5.77. The number of ether oxygens (including phenoxy) is 1. The predicted molar refractivity (Wildman–Crippen MR) is 90.7 cm³/mol. The Hall–Kier alpha value is -1.99. The molecule has 1 aromatic rings. The van der Waals surface area contributed by atoms with E-state index < -0.39 is 0 Å². The van der Waals surface area contributed by atoms with E-state index in [9.17, 15) is 14.0 Å². The van der Waals surface area contributed by atoms with Crippen molar-refractivity contribution in [1.29, 1.82) is 0 Å². The van der Waals surface area contributed by atoms with E-state index in [2.05, 4.69) is 10.2 Å². The Morgan fingerprint density at radius 3 is 2.60 bits per heavy atom. The molecule has 0 saturated carbocycles. The molecular weight excluding hydrogens is 325 g/mol. The van der Waals surface area contributed by atoms with Crippen molar-refractivity contribution in [3.63, 3.8) is 0 Å². The van der Waals surface area contributed by atoms with Gasteiger partial charge in [0.25, 0.3) is 5.91 Å². The van der Waals surface area contributed by atoms with Crippen LogP contribution in [0.3, 0.4) is 0 Å². The molecule has 0 aromatic heterocycles. The summed E-state index contributed by atoms with van der Waals surface area (Å²) in [5.74, 6) is -0.605. The van der Waals surface area contributed by atoms with Gasteiger partial charge in [-0.15, -0.1) is 0 Å². The second kappa shape index (κ2) is 8.40. The molecule has 0 bridgehead atoms. The minimum Gasteiger partial charge on any atom is -0.379 e. The zero-order valence-corrected chi connectivity index (χ0v) is 14.2. The van der Waals surface area contributed by atoms with Gasteiger partial charge in [-0.05, 0) is 30.7 Å². The zero-order valence-electron chi connectivity index (χ0n) is 14.2. The van der Waals surface area contributed by atoms with Crippen LogP contribution < -0.4 is 5.32 Å². The summed E-state index contributed by atoms with van der Waals surface area (Å²) < 4.78 is 18.2. The Bertz CT molecular complexity index is 602. The summed E-state index contributed by atoms with van der Waals surface area (Å²) in [5, 5.41) is 2.71. The maximum Gasteiger partial charge on any atom is 0.251 e. The monoisotopic (exact) mass is 349 g/mol. The Kier molecular flexibility index (Phi) is 5.99. The molecule has 1 atom stereocenters. The van der Waals surface area contributed by atoms with Gasteiger partial charge in [-0.25, -0.2) is 4.39 Å². The normalized spacial score (nSPS) is 21.3. The van der Waals surface area contributed by atoms with Gasteiger partial charge < -0.3 is 15.0 Å². The summed E-state index contributed by atoms with van der Waals surface area (Å²) in [5.41, 5.74) is 0.391. The predicted octanol–water partition coefficient (Wildman–Crippen LogP) is 0.879. The summed E-state index contributed by atoms with van der Waals surface area (Å²) in [6.45, 7) is 5.20. The van der Waals surface area contributed by atoms with Gasteiger partial charge in [-0.3, -0.25) is 14.5 Å². The van der Waals surface area contributed by atoms with Gasteiger partial charge in [-0.2, -0.15) is 0 Å². The Morgan fingerprint density at radius 1 is 1.16 bits per heavy atom. The number of halogens is 1. The number of carbonyl (C=O) groups is 2. The lowest BCUT2D eigenvalue weighted by molar-refractivity contribution is -0.130. The van der Waals surface area contributed by atoms with Crippen LogP contribution in [0.5, 0.6) is 0 Å². The number of hydrogen-bond acceptors (Lipinski definition) is 4. The SMILES string of the molecule is O=C(NCCC(=O)N1CCC(N2CCOCC2)C1)c1ccc(F)cc1. The second-order valence-electron chi connectivity index (χ2n) is 6.44. The third-order valence-electron chi connectivity index (χ3n) is 4.81. The highest BCUT2D eigenvalue weighted by atomic mass is 19.1. The smallest absolute Gasteiger partial charge is 0.251 e. The molecule has 2 amide bonds. The lowest BCUT2D eigenvalue weighted by Gasteiger charge is -2.32. The highest BCUT2D eigenvalue weighted by Gasteiger charge is 2.30. The minimum atomic E-state index is -0.379. The molecule has 1 N–H and O–H groups in total. The lowest BCUT2D eigenvalue weighted by atomic mass is 10.2. The first-order chi connectivity index (χ1) is 12.1. The van der Waals surface area contributed by atoms with Crippen molar-refractivity contribution < 1.29 is 18.7 Å². The minimum absolute atomic E-state index is 0.0650. The molecule has 0 spiro atoms. The molecule has 2 aliphatic heterocycles. The molecule has 1 unspecified atom stereocenters. The summed E-state index contributed by atoms with van der Waals surface area (Å²) in [4.78, 5) is 28.5. The molecule has 6 nitrogen and oxygen atoms in total. The van der Waals surface area contributed by atoms with Crippen molar-refractivity contribution in [3.8, 4) is 0 Å². The van der Waals surface area contributed by atoms with E-state index in [1.165, 1.54) is 24.3 Å². The van der Waals surface area contributed by atoms with Crippen LogP contribution >= 0.6 is 0 Å². The van der Waals surface area contributed by atoms with E-state index in [1.807, 2.05) is 4.90 Å². The van der Waals surface area contributed by atoms with Crippen LogP contribution in [0.4, 0.5) is 4.39 Å². The molecular formula is C18H24FN3O3. The van der Waals surface area contributed by atoms with Crippen LogP contribution in [0.15, 0.2) is 24.3 Å². The van der Waals surface area contributed by atoms with Crippen LogP contribution in [0, 0.1) is 5.82 Å². The number of nitrogens with one attached hydrogen (secondary N) is 1. The summed E-state index contributed by atoms with van der Waals surface area (Å²) >= 11 is 0. The Labute approximate surface area is 146 Å². The lowest BCUT2D eigenvalue weighted by Crippen LogP contribution is -2.45. The highest BCUT2D eigenvalue weighted by molar-refractivity contribution is 5.94. The van der Waals surface area contributed by atoms with Crippen molar-refractivity contribution >= 4 is 11.8 Å². The van der Waals surface area contributed by atoms with E-state index in [0.717, 1.165) is 45.8 Å². The number of nitrogens with zero attached hydrogens (tertiary/aromatic N) is 2. The Balaban J connectivity index is 1.39. The average Bonchev–Trinajstić information content (AvgIpc) is 3.13. The molecule has 3 rings (SSSR count). The van der Waals surface area contributed by atoms with Crippen LogP contribution in [0.1, 0.15) is 23.2 Å². The fourth-order valence-electron chi connectivity index (χ4n) is 3.35. The molecule has 25 heavy (non-hydrogen) atoms. The fraction of sp³-hybridized carbons (Fsp3) is 0.556. The number of carbonyl (C=O) groups excluding carboxylic acids is 2. The van der Waals surface area contributed by atoms with Gasteiger partial charge in [0.2, 0.25) is 5.91 Å². The van der Waals surface area contributed by atoms with Gasteiger partial charge in [0, 0.05) is 50.7 Å². The number of hydrogen-bond donors (Lipinski definition) is 1. The number of morpholine rings is 1. The van der Waals surface area contributed by atoms with Gasteiger partial charge in [0.15, 0.2) is 0 Å².